The van der Waals surface area contributed by atoms with Crippen LogP contribution in [0.1, 0.15) is 0 Å². The molecule has 0 aromatic rings. The fourth-order valence-corrected chi connectivity index (χ4v) is 2.87. The van der Waals surface area contributed by atoms with Crippen molar-refractivity contribution in [2.45, 2.75) is 6.82 Å². The Labute approximate surface area is 320 Å². The molecule has 0 nitrogen and oxygen atoms in total. The quantitative estimate of drug-likeness (QED) is 0.124. The van der Waals surface area contributed by atoms with Crippen LogP contribution in [0.2, 0.25) is 6.82 Å². The summed E-state index contributed by atoms with van der Waals surface area (Å²) in [5, 5.41) is 0. The first-order valence-corrected chi connectivity index (χ1v) is 15.9. The monoisotopic (exact) mass is 532 g/mol. The molecule has 0 aliphatic carbocycles. The van der Waals surface area contributed by atoms with Crippen LogP contribution in [-0.4, -0.2) is 316 Å². The summed E-state index contributed by atoms with van der Waals surface area (Å²) in [5.41, 5.74) is 0. The maximum atomic E-state index is 5.25. The van der Waals surface area contributed by atoms with E-state index in [9.17, 15) is 0 Å². The summed E-state index contributed by atoms with van der Waals surface area (Å²) in [6, 6.07) is 0. The molecule has 48 heavy (non-hydrogen) atoms. The van der Waals surface area contributed by atoms with E-state index >= 15 is 0 Å². The van der Waals surface area contributed by atoms with Crippen molar-refractivity contribution in [1.29, 1.82) is 0 Å². The van der Waals surface area contributed by atoms with Gasteiger partial charge in [-0.3, -0.25) is 0 Å². The molecule has 0 amide bonds. The molecule has 0 aliphatic heterocycles. The van der Waals surface area contributed by atoms with Gasteiger partial charge in [0.2, 0.25) is 0 Å². The van der Waals surface area contributed by atoms with Gasteiger partial charge in [0.05, 0.1) is 0 Å². The van der Waals surface area contributed by atoms with Crippen LogP contribution in [0, 0.1) is 0 Å². The summed E-state index contributed by atoms with van der Waals surface area (Å²) in [7, 11) is 5.25. The molecule has 0 aromatic heterocycles. The van der Waals surface area contributed by atoms with Crippen molar-refractivity contribution < 1.29 is 0 Å². The van der Waals surface area contributed by atoms with E-state index in [1.165, 1.54) is 6.69 Å². The van der Waals surface area contributed by atoms with Crippen molar-refractivity contribution in [2.24, 2.45) is 0 Å². The van der Waals surface area contributed by atoms with Gasteiger partial charge in [-0.1, -0.05) is 0 Å². The van der Waals surface area contributed by atoms with Crippen molar-refractivity contribution in [3.05, 3.63) is 0 Å². The fourth-order valence-electron chi connectivity index (χ4n) is 2.87. The van der Waals surface area contributed by atoms with Crippen LogP contribution in [0.5, 0.6) is 0 Å². The Bertz CT molecular complexity index is 1380. The third-order valence-corrected chi connectivity index (χ3v) is 5.08. The van der Waals surface area contributed by atoms with E-state index in [-0.39, 0.29) is 0 Å². The molecule has 47 heteroatoms. The molecule has 0 fully saturated rings. The van der Waals surface area contributed by atoms with Crippen LogP contribution >= 0.6 is 0 Å². The van der Waals surface area contributed by atoms with Crippen molar-refractivity contribution in [3.8, 4) is 0 Å². The van der Waals surface area contributed by atoms with E-state index in [1.807, 2.05) is 301 Å². The minimum absolute atomic E-state index is 1.50. The normalized spacial score (nSPS) is 7.77. The van der Waals surface area contributed by atoms with E-state index in [0.717, 1.165) is 0 Å². The molecule has 0 aromatic carbocycles. The molecule has 0 saturated heterocycles. The number of rotatable bonds is 22. The van der Waals surface area contributed by atoms with Gasteiger partial charge in [-0.05, 0) is 0 Å². The second-order valence-corrected chi connectivity index (χ2v) is 8.99. The Balaban J connectivity index is 4.05. The molecule has 0 atom stereocenters. The zero-order valence-corrected chi connectivity index (χ0v) is 28.1. The average Bonchev–Trinajstić information content (AvgIpc) is 3.10. The molecule has 0 spiro atoms. The number of hydrogen-bond acceptors (Lipinski definition) is 0. The molecule has 0 heterocycles. The van der Waals surface area contributed by atoms with Crippen LogP contribution in [0.15, 0.2) is 0 Å². The maximum absolute atomic E-state index is 5.25. The van der Waals surface area contributed by atoms with Crippen LogP contribution in [-0.2, 0) is 0 Å². The van der Waals surface area contributed by atoms with Gasteiger partial charge in [0.15, 0.2) is 0 Å². The first-order chi connectivity index (χ1) is 23.9. The van der Waals surface area contributed by atoms with Gasteiger partial charge in [-0.25, -0.2) is 0 Å². The van der Waals surface area contributed by atoms with E-state index < -0.39 is 0 Å². The van der Waals surface area contributed by atoms with Crippen LogP contribution in [0.4, 0.5) is 0 Å². The Kier molecular flexibility index (Phi) is 53.2. The van der Waals surface area contributed by atoms with Crippen LogP contribution in [0.3, 0.4) is 0 Å². The molecule has 0 rings (SSSR count). The van der Waals surface area contributed by atoms with Crippen molar-refractivity contribution in [2.75, 3.05) is 0 Å². The summed E-state index contributed by atoms with van der Waals surface area (Å²) in [4.78, 5) is 0. The molecule has 0 bridgehead atoms. The fraction of sp³-hybridized carbons (Fsp3) is 1.00. The summed E-state index contributed by atoms with van der Waals surface area (Å²) in [6.07, 6.45) is 0. The minimum atomic E-state index is 1.50. The van der Waals surface area contributed by atoms with Gasteiger partial charge in [-0.15, -0.1) is 0 Å². The van der Waals surface area contributed by atoms with Gasteiger partial charge >= 0.3 is 323 Å². The third-order valence-electron chi connectivity index (χ3n) is 5.08. The first-order valence-electron chi connectivity index (χ1n) is 15.9. The Morgan fingerprint density at radius 1 is 0.167 bits per heavy atom. The predicted octanol–water partition coefficient (Wildman–Crippen LogP) is -17.3. The third kappa shape index (κ3) is 49.1. The summed E-state index contributed by atoms with van der Waals surface area (Å²) < 4.78 is 0. The second kappa shape index (κ2) is 50.1. The molecular formula is CH3B47. The van der Waals surface area contributed by atoms with Crippen molar-refractivity contribution in [1.82, 2.24) is 0 Å². The SMILES string of the molecule is [B]B=BB=BB=BB=BB=BB=BB=BB=BB=BB=BB=BB=BB=BB=BB=BB=BB=BB=BB=BB=BB=BB=BB=BC. The molecule has 0 saturated carbocycles. The molecule has 148 valence electrons. The zero-order valence-electron chi connectivity index (χ0n) is 28.1. The predicted molar refractivity (Wildman–Crippen MR) is 276 cm³/mol. The van der Waals surface area contributed by atoms with Gasteiger partial charge in [0.1, 0.15) is 0 Å². The summed E-state index contributed by atoms with van der Waals surface area (Å²) >= 11 is 0. The van der Waals surface area contributed by atoms with Crippen LogP contribution < -0.4 is 0 Å². The van der Waals surface area contributed by atoms with Gasteiger partial charge in [0.25, 0.3) is 0 Å². The van der Waals surface area contributed by atoms with E-state index in [2.05, 4.69) is 0 Å². The molecule has 0 N–H and O–H groups in total. The summed E-state index contributed by atoms with van der Waals surface area (Å²) in [6.45, 7) is 92.8. The van der Waals surface area contributed by atoms with Crippen molar-refractivity contribution >= 4 is 316 Å². The first kappa shape index (κ1) is 51.1. The average molecular weight is 523 g/mol. The Morgan fingerprint density at radius 3 is 0.375 bits per heavy atom. The Hall–Kier alpha value is 3.05. The number of hydrogen-bond donors (Lipinski definition) is 0. The topological polar surface area (TPSA) is 0 Å². The molecule has 0 unspecified atom stereocenters. The Morgan fingerprint density at radius 2 is 0.271 bits per heavy atom. The van der Waals surface area contributed by atoms with Crippen molar-refractivity contribution in [3.63, 3.8) is 0 Å². The van der Waals surface area contributed by atoms with Crippen LogP contribution in [0.25, 0.3) is 0 Å². The van der Waals surface area contributed by atoms with Gasteiger partial charge < -0.3 is 0 Å². The zero-order chi connectivity index (χ0) is 34.5. The second-order valence-electron chi connectivity index (χ2n) is 8.99. The van der Waals surface area contributed by atoms with E-state index in [4.69, 9.17) is 7.74 Å². The van der Waals surface area contributed by atoms with E-state index in [1.54, 1.807) is 6.69 Å². The standard InChI is InChI=1S/CH3B47/c1-3-5-7-9-11-13-15-17-19-21-23-25-27-29-31-33-35-37-39-41-43-45-47-48-46-44-42-40-38-36-34-32-30-28-26-24-22-20-18-16-14-12-10-8-6-4-2/h1H3. The molecule has 0 aliphatic rings. The molecule has 2 radical (unpaired) electrons. The van der Waals surface area contributed by atoms with E-state index in [0.29, 0.717) is 0 Å². The van der Waals surface area contributed by atoms with Gasteiger partial charge in [0, 0.05) is 0 Å². The molecular weight excluding hydrogens is 520 g/mol. The van der Waals surface area contributed by atoms with Gasteiger partial charge in [-0.2, -0.15) is 0 Å². The summed E-state index contributed by atoms with van der Waals surface area (Å²) in [5.74, 6) is 0.